The van der Waals surface area contributed by atoms with Crippen LogP contribution >= 0.6 is 11.8 Å². The predicted octanol–water partition coefficient (Wildman–Crippen LogP) is 5.45. The minimum atomic E-state index is -0.513. The Morgan fingerprint density at radius 3 is 2.41 bits per heavy atom. The number of anilines is 2. The van der Waals surface area contributed by atoms with Crippen LogP contribution in [-0.2, 0) is 11.2 Å². The molecule has 0 aliphatic heterocycles. The largest absolute Gasteiger partial charge is 0.325 e. The molecule has 0 aliphatic rings. The van der Waals surface area contributed by atoms with Crippen LogP contribution in [0.5, 0.6) is 0 Å². The van der Waals surface area contributed by atoms with Gasteiger partial charge in [0.1, 0.15) is 0 Å². The Morgan fingerprint density at radius 1 is 1.00 bits per heavy atom. The number of para-hydroxylation sites is 1. The van der Waals surface area contributed by atoms with Crippen LogP contribution in [0.25, 0.3) is 0 Å². The van der Waals surface area contributed by atoms with Crippen LogP contribution in [0.15, 0.2) is 71.6 Å². The Kier molecular flexibility index (Phi) is 7.62. The molecule has 0 saturated heterocycles. The average Bonchev–Trinajstić information content (AvgIpc) is 2.79. The van der Waals surface area contributed by atoms with Crippen LogP contribution in [0, 0.1) is 17.0 Å². The third-order valence-electron chi connectivity index (χ3n) is 4.81. The molecule has 8 heteroatoms. The number of amides is 2. The lowest BCUT2D eigenvalue weighted by Gasteiger charge is -2.13. The summed E-state index contributed by atoms with van der Waals surface area (Å²) in [6, 6.07) is 18.5. The molecule has 2 amide bonds. The number of benzene rings is 3. The van der Waals surface area contributed by atoms with Crippen molar-refractivity contribution in [2.24, 2.45) is 0 Å². The van der Waals surface area contributed by atoms with Gasteiger partial charge in [-0.3, -0.25) is 19.7 Å². The Bertz CT molecular complexity index is 1150. The van der Waals surface area contributed by atoms with Crippen molar-refractivity contribution < 1.29 is 14.5 Å². The average molecular weight is 450 g/mol. The summed E-state index contributed by atoms with van der Waals surface area (Å²) in [5.74, 6) is -0.234. The first kappa shape index (κ1) is 23.0. The second-order valence-corrected chi connectivity index (χ2v) is 8.13. The second kappa shape index (κ2) is 10.6. The Labute approximate surface area is 190 Å². The monoisotopic (exact) mass is 449 g/mol. The molecular formula is C24H23N3O4S. The van der Waals surface area contributed by atoms with Gasteiger partial charge in [-0.15, -0.1) is 11.8 Å². The van der Waals surface area contributed by atoms with Crippen molar-refractivity contribution in [2.45, 2.75) is 25.2 Å². The van der Waals surface area contributed by atoms with E-state index in [0.29, 0.717) is 11.3 Å². The highest BCUT2D eigenvalue weighted by atomic mass is 32.2. The smallest absolute Gasteiger partial charge is 0.269 e. The standard InChI is InChI=1S/C24H23N3O4S/c1-3-17-7-4-6-16(2)23(17)26-22(28)15-32-21-9-5-8-19(14-21)25-24(29)18-10-12-20(13-11-18)27(30)31/h4-14H,3,15H2,1-2H3,(H,25,29)(H,26,28). The lowest BCUT2D eigenvalue weighted by atomic mass is 10.1. The van der Waals surface area contributed by atoms with Crippen molar-refractivity contribution in [3.05, 3.63) is 93.5 Å². The van der Waals surface area contributed by atoms with Crippen molar-refractivity contribution in [3.63, 3.8) is 0 Å². The molecule has 0 heterocycles. The van der Waals surface area contributed by atoms with Crippen molar-refractivity contribution >= 4 is 40.6 Å². The van der Waals surface area contributed by atoms with E-state index in [4.69, 9.17) is 0 Å². The fraction of sp³-hybridized carbons (Fsp3) is 0.167. The summed E-state index contributed by atoms with van der Waals surface area (Å²) in [7, 11) is 0. The minimum absolute atomic E-state index is 0.0741. The molecule has 0 saturated carbocycles. The third-order valence-corrected chi connectivity index (χ3v) is 5.80. The number of hydrogen-bond donors (Lipinski definition) is 2. The molecule has 164 valence electrons. The number of carbonyl (C=O) groups excluding carboxylic acids is 2. The summed E-state index contributed by atoms with van der Waals surface area (Å²) in [6.45, 7) is 4.02. The number of nitro groups is 1. The van der Waals surface area contributed by atoms with E-state index in [9.17, 15) is 19.7 Å². The molecule has 0 radical (unpaired) electrons. The van der Waals surface area contributed by atoms with Crippen LogP contribution in [0.2, 0.25) is 0 Å². The first-order valence-corrected chi connectivity index (χ1v) is 11.0. The summed E-state index contributed by atoms with van der Waals surface area (Å²) in [5.41, 5.74) is 3.81. The van der Waals surface area contributed by atoms with Gasteiger partial charge in [-0.25, -0.2) is 0 Å². The summed E-state index contributed by atoms with van der Waals surface area (Å²) in [6.07, 6.45) is 0.834. The SMILES string of the molecule is CCc1cccc(C)c1NC(=O)CSc1cccc(NC(=O)c2ccc([N+](=O)[O-])cc2)c1. The van der Waals surface area contributed by atoms with Gasteiger partial charge in [0.15, 0.2) is 0 Å². The van der Waals surface area contributed by atoms with Crippen molar-refractivity contribution in [2.75, 3.05) is 16.4 Å². The molecule has 3 aromatic rings. The molecule has 3 rings (SSSR count). The highest BCUT2D eigenvalue weighted by Crippen LogP contribution is 2.24. The molecule has 2 N–H and O–H groups in total. The maximum Gasteiger partial charge on any atom is 0.269 e. The molecule has 3 aromatic carbocycles. The normalized spacial score (nSPS) is 10.4. The van der Waals surface area contributed by atoms with Gasteiger partial charge in [0.05, 0.1) is 10.7 Å². The van der Waals surface area contributed by atoms with E-state index in [1.807, 2.05) is 31.2 Å². The van der Waals surface area contributed by atoms with E-state index in [-0.39, 0.29) is 23.3 Å². The summed E-state index contributed by atoms with van der Waals surface area (Å²) in [5, 5.41) is 16.5. The molecular weight excluding hydrogens is 426 g/mol. The number of nitro benzene ring substituents is 1. The summed E-state index contributed by atoms with van der Waals surface area (Å²) < 4.78 is 0. The van der Waals surface area contributed by atoms with Gasteiger partial charge in [0.25, 0.3) is 11.6 Å². The number of thioether (sulfide) groups is 1. The molecule has 0 fully saturated rings. The Balaban J connectivity index is 1.59. The zero-order valence-corrected chi connectivity index (χ0v) is 18.6. The van der Waals surface area contributed by atoms with Crippen LogP contribution in [0.3, 0.4) is 0 Å². The van der Waals surface area contributed by atoms with Gasteiger partial charge in [-0.1, -0.05) is 31.2 Å². The minimum Gasteiger partial charge on any atom is -0.325 e. The number of hydrogen-bond acceptors (Lipinski definition) is 5. The van der Waals surface area contributed by atoms with Gasteiger partial charge < -0.3 is 10.6 Å². The van der Waals surface area contributed by atoms with E-state index < -0.39 is 4.92 Å². The highest BCUT2D eigenvalue weighted by Gasteiger charge is 2.12. The van der Waals surface area contributed by atoms with E-state index in [1.54, 1.807) is 18.2 Å². The molecule has 0 aromatic heterocycles. The van der Waals surface area contributed by atoms with E-state index in [0.717, 1.165) is 28.1 Å². The molecule has 7 nitrogen and oxygen atoms in total. The van der Waals surface area contributed by atoms with Gasteiger partial charge in [0.2, 0.25) is 5.91 Å². The molecule has 0 aliphatic carbocycles. The van der Waals surface area contributed by atoms with Crippen LogP contribution in [0.4, 0.5) is 17.1 Å². The highest BCUT2D eigenvalue weighted by molar-refractivity contribution is 8.00. The van der Waals surface area contributed by atoms with Gasteiger partial charge in [-0.2, -0.15) is 0 Å². The molecule has 0 atom stereocenters. The maximum atomic E-state index is 12.5. The molecule has 0 bridgehead atoms. The van der Waals surface area contributed by atoms with Gasteiger partial charge >= 0.3 is 0 Å². The predicted molar refractivity (Wildman–Crippen MR) is 127 cm³/mol. The topological polar surface area (TPSA) is 101 Å². The number of rotatable bonds is 8. The summed E-state index contributed by atoms with van der Waals surface area (Å²) in [4.78, 5) is 36.0. The van der Waals surface area contributed by atoms with E-state index >= 15 is 0 Å². The van der Waals surface area contributed by atoms with Crippen molar-refractivity contribution in [1.82, 2.24) is 0 Å². The van der Waals surface area contributed by atoms with Crippen molar-refractivity contribution in [3.8, 4) is 0 Å². The Hall–Kier alpha value is -3.65. The number of non-ortho nitro benzene ring substituents is 1. The fourth-order valence-corrected chi connectivity index (χ4v) is 3.88. The molecule has 0 spiro atoms. The number of aryl methyl sites for hydroxylation is 2. The maximum absolute atomic E-state index is 12.5. The van der Waals surface area contributed by atoms with Crippen LogP contribution < -0.4 is 10.6 Å². The lowest BCUT2D eigenvalue weighted by Crippen LogP contribution is -2.16. The Morgan fingerprint density at radius 2 is 1.72 bits per heavy atom. The third kappa shape index (κ3) is 5.95. The number of carbonyl (C=O) groups is 2. The quantitative estimate of drug-likeness (QED) is 0.271. The summed E-state index contributed by atoms with van der Waals surface area (Å²) >= 11 is 1.37. The second-order valence-electron chi connectivity index (χ2n) is 7.09. The van der Waals surface area contributed by atoms with E-state index in [1.165, 1.54) is 36.0 Å². The fourth-order valence-electron chi connectivity index (χ4n) is 3.13. The molecule has 0 unspecified atom stereocenters. The molecule has 32 heavy (non-hydrogen) atoms. The first-order chi connectivity index (χ1) is 15.4. The number of nitrogens with zero attached hydrogens (tertiary/aromatic N) is 1. The zero-order valence-electron chi connectivity index (χ0n) is 17.8. The zero-order chi connectivity index (χ0) is 23.1. The van der Waals surface area contributed by atoms with Crippen LogP contribution in [-0.4, -0.2) is 22.5 Å². The number of nitrogens with one attached hydrogen (secondary N) is 2. The van der Waals surface area contributed by atoms with Gasteiger partial charge in [0, 0.05) is 34.0 Å². The van der Waals surface area contributed by atoms with Crippen molar-refractivity contribution in [1.29, 1.82) is 0 Å². The lowest BCUT2D eigenvalue weighted by molar-refractivity contribution is -0.384. The van der Waals surface area contributed by atoms with E-state index in [2.05, 4.69) is 17.6 Å². The first-order valence-electron chi connectivity index (χ1n) is 10.0. The van der Waals surface area contributed by atoms with Crippen LogP contribution in [0.1, 0.15) is 28.4 Å². The van der Waals surface area contributed by atoms with Gasteiger partial charge in [-0.05, 0) is 54.8 Å².